The number of fused-ring (bicyclic) bond motifs is 1. The van der Waals surface area contributed by atoms with Crippen LogP contribution >= 0.6 is 0 Å². The molecule has 0 aromatic carbocycles. The minimum atomic E-state index is -0.0989. The van der Waals surface area contributed by atoms with Crippen LogP contribution in [0.2, 0.25) is 0 Å². The molecule has 4 rings (SSSR count). The van der Waals surface area contributed by atoms with Crippen molar-refractivity contribution in [1.29, 1.82) is 0 Å². The van der Waals surface area contributed by atoms with Crippen molar-refractivity contribution in [3.63, 3.8) is 0 Å². The Hall–Kier alpha value is -2.97. The first-order chi connectivity index (χ1) is 11.6. The highest BCUT2D eigenvalue weighted by Crippen LogP contribution is 2.19. The fourth-order valence-electron chi connectivity index (χ4n) is 2.96. The van der Waals surface area contributed by atoms with E-state index < -0.39 is 0 Å². The van der Waals surface area contributed by atoms with E-state index in [9.17, 15) is 4.79 Å². The van der Waals surface area contributed by atoms with Gasteiger partial charge in [-0.2, -0.15) is 19.7 Å². The van der Waals surface area contributed by atoms with Gasteiger partial charge < -0.3 is 9.80 Å². The van der Waals surface area contributed by atoms with Crippen molar-refractivity contribution in [2.24, 2.45) is 7.05 Å². The number of aryl methyl sites for hydroxylation is 2. The summed E-state index contributed by atoms with van der Waals surface area (Å²) in [5.41, 5.74) is 0.825. The van der Waals surface area contributed by atoms with E-state index in [2.05, 4.69) is 30.0 Å². The molecular weight excluding hydrogens is 308 g/mol. The van der Waals surface area contributed by atoms with Gasteiger partial charge in [0.05, 0.1) is 0 Å². The summed E-state index contributed by atoms with van der Waals surface area (Å²) >= 11 is 0. The zero-order valence-corrected chi connectivity index (χ0v) is 13.6. The van der Waals surface area contributed by atoms with Gasteiger partial charge >= 0.3 is 0 Å². The second-order valence-corrected chi connectivity index (χ2v) is 5.86. The predicted molar refractivity (Wildman–Crippen MR) is 89.4 cm³/mol. The largest absolute Gasteiger partial charge is 0.353 e. The lowest BCUT2D eigenvalue weighted by molar-refractivity contribution is 0.614. The summed E-state index contributed by atoms with van der Waals surface area (Å²) in [5, 5.41) is 8.59. The minimum absolute atomic E-state index is 0.0989. The zero-order chi connectivity index (χ0) is 16.7. The maximum absolute atomic E-state index is 11.5. The Morgan fingerprint density at radius 2 is 1.83 bits per heavy atom. The molecule has 1 aliphatic heterocycles. The average Bonchev–Trinajstić information content (AvgIpc) is 3.05. The molecule has 3 aromatic rings. The van der Waals surface area contributed by atoms with Gasteiger partial charge in [-0.25, -0.2) is 9.67 Å². The van der Waals surface area contributed by atoms with Gasteiger partial charge in [0.1, 0.15) is 18.0 Å². The quantitative estimate of drug-likeness (QED) is 0.647. The van der Waals surface area contributed by atoms with Crippen LogP contribution in [-0.4, -0.2) is 55.5 Å². The Morgan fingerprint density at radius 1 is 1.08 bits per heavy atom. The second kappa shape index (κ2) is 5.59. The van der Waals surface area contributed by atoms with Gasteiger partial charge in [0, 0.05) is 51.1 Å². The fraction of sp³-hybridized carbons (Fsp3) is 0.400. The molecule has 0 aliphatic carbocycles. The Kier molecular flexibility index (Phi) is 3.40. The zero-order valence-electron chi connectivity index (χ0n) is 13.6. The maximum atomic E-state index is 11.5. The summed E-state index contributed by atoms with van der Waals surface area (Å²) in [6.45, 7) is 5.28. The number of aromatic nitrogens is 6. The van der Waals surface area contributed by atoms with Gasteiger partial charge in [0.25, 0.3) is 11.3 Å². The van der Waals surface area contributed by atoms with Crippen molar-refractivity contribution in [2.45, 2.75) is 6.92 Å². The van der Waals surface area contributed by atoms with E-state index >= 15 is 0 Å². The number of rotatable bonds is 2. The van der Waals surface area contributed by atoms with E-state index in [0.29, 0.717) is 5.78 Å². The number of nitrogens with zero attached hydrogens (tertiary/aromatic N) is 8. The van der Waals surface area contributed by atoms with Crippen molar-refractivity contribution in [1.82, 2.24) is 29.4 Å². The van der Waals surface area contributed by atoms with Gasteiger partial charge in [-0.3, -0.25) is 4.79 Å². The van der Waals surface area contributed by atoms with E-state index in [1.165, 1.54) is 11.0 Å². The smallest absolute Gasteiger partial charge is 0.266 e. The van der Waals surface area contributed by atoms with Crippen LogP contribution in [0.3, 0.4) is 0 Å². The molecule has 0 spiro atoms. The van der Waals surface area contributed by atoms with Crippen molar-refractivity contribution in [3.05, 3.63) is 40.6 Å². The van der Waals surface area contributed by atoms with Crippen LogP contribution < -0.4 is 15.4 Å². The van der Waals surface area contributed by atoms with E-state index in [0.717, 1.165) is 43.5 Å². The summed E-state index contributed by atoms with van der Waals surface area (Å²) in [5.74, 6) is 2.45. The lowest BCUT2D eigenvalue weighted by Gasteiger charge is -2.36. The summed E-state index contributed by atoms with van der Waals surface area (Å²) in [6, 6.07) is 5.37. The second-order valence-electron chi connectivity index (χ2n) is 5.86. The number of hydrogen-bond donors (Lipinski definition) is 0. The predicted octanol–water partition coefficient (Wildman–Crippen LogP) is -0.147. The molecule has 0 amide bonds. The SMILES string of the molecule is Cc1cc(N2CCN(c3ccc(=O)n(C)n3)CC2)n2ncnc2n1. The van der Waals surface area contributed by atoms with Crippen LogP contribution in [-0.2, 0) is 7.05 Å². The molecule has 9 heteroatoms. The molecule has 4 heterocycles. The van der Waals surface area contributed by atoms with Gasteiger partial charge in [0.15, 0.2) is 0 Å². The van der Waals surface area contributed by atoms with Crippen LogP contribution in [0.4, 0.5) is 11.6 Å². The molecule has 1 fully saturated rings. The van der Waals surface area contributed by atoms with Crippen LogP contribution in [0, 0.1) is 6.92 Å². The molecule has 1 aliphatic rings. The van der Waals surface area contributed by atoms with E-state index in [-0.39, 0.29) is 5.56 Å². The van der Waals surface area contributed by atoms with Crippen molar-refractivity contribution in [2.75, 3.05) is 36.0 Å². The standard InChI is InChI=1S/C15H18N8O/c1-11-9-13(23-15(18-11)16-10-17-23)22-7-5-21(6-8-22)12-3-4-14(24)20(2)19-12/h3-4,9-10H,5-8H2,1-2H3. The first-order valence-corrected chi connectivity index (χ1v) is 7.83. The highest BCUT2D eigenvalue weighted by atomic mass is 16.1. The average molecular weight is 326 g/mol. The monoisotopic (exact) mass is 326 g/mol. The molecule has 0 N–H and O–H groups in total. The first-order valence-electron chi connectivity index (χ1n) is 7.83. The lowest BCUT2D eigenvalue weighted by Crippen LogP contribution is -2.47. The lowest BCUT2D eigenvalue weighted by atomic mass is 10.3. The highest BCUT2D eigenvalue weighted by Gasteiger charge is 2.21. The minimum Gasteiger partial charge on any atom is -0.353 e. The third kappa shape index (κ3) is 2.47. The molecule has 9 nitrogen and oxygen atoms in total. The third-order valence-corrected chi connectivity index (χ3v) is 4.24. The van der Waals surface area contributed by atoms with Crippen LogP contribution in [0.5, 0.6) is 0 Å². The molecule has 3 aromatic heterocycles. The molecular formula is C15H18N8O. The molecule has 1 saturated heterocycles. The van der Waals surface area contributed by atoms with E-state index in [1.807, 2.05) is 13.0 Å². The molecule has 0 atom stereocenters. The first kappa shape index (κ1) is 14.6. The summed E-state index contributed by atoms with van der Waals surface area (Å²) in [6.07, 6.45) is 1.52. The topological polar surface area (TPSA) is 84.5 Å². The summed E-state index contributed by atoms with van der Waals surface area (Å²) < 4.78 is 3.14. The summed E-state index contributed by atoms with van der Waals surface area (Å²) in [7, 11) is 1.67. The molecule has 0 unspecified atom stereocenters. The van der Waals surface area contributed by atoms with E-state index in [1.54, 1.807) is 23.7 Å². The molecule has 0 radical (unpaired) electrons. The Morgan fingerprint density at radius 3 is 2.58 bits per heavy atom. The highest BCUT2D eigenvalue weighted by molar-refractivity contribution is 5.49. The number of anilines is 2. The normalized spacial score (nSPS) is 15.2. The van der Waals surface area contributed by atoms with E-state index in [4.69, 9.17) is 0 Å². The van der Waals surface area contributed by atoms with Crippen LogP contribution in [0.1, 0.15) is 5.69 Å². The molecule has 0 bridgehead atoms. The Bertz CT molecular complexity index is 938. The summed E-state index contributed by atoms with van der Waals surface area (Å²) in [4.78, 5) is 24.5. The third-order valence-electron chi connectivity index (χ3n) is 4.24. The van der Waals surface area contributed by atoms with Gasteiger partial charge in [0.2, 0.25) is 0 Å². The van der Waals surface area contributed by atoms with Gasteiger partial charge in [-0.1, -0.05) is 0 Å². The van der Waals surface area contributed by atoms with Crippen molar-refractivity contribution in [3.8, 4) is 0 Å². The molecule has 124 valence electrons. The van der Waals surface area contributed by atoms with Gasteiger partial charge in [-0.05, 0) is 13.0 Å². The molecule has 0 saturated carbocycles. The van der Waals surface area contributed by atoms with Crippen molar-refractivity contribution >= 4 is 17.4 Å². The van der Waals surface area contributed by atoms with Crippen LogP contribution in [0.25, 0.3) is 5.78 Å². The van der Waals surface area contributed by atoms with Gasteiger partial charge in [-0.15, -0.1) is 0 Å². The van der Waals surface area contributed by atoms with Crippen LogP contribution in [0.15, 0.2) is 29.3 Å². The Labute approximate surface area is 138 Å². The maximum Gasteiger partial charge on any atom is 0.266 e. The molecule has 24 heavy (non-hydrogen) atoms. The Balaban J connectivity index is 1.56. The number of hydrogen-bond acceptors (Lipinski definition) is 7. The number of piperazine rings is 1. The van der Waals surface area contributed by atoms with Crippen molar-refractivity contribution < 1.29 is 0 Å². The fourth-order valence-corrected chi connectivity index (χ4v) is 2.96.